The van der Waals surface area contributed by atoms with Gasteiger partial charge in [-0.15, -0.1) is 0 Å². The highest BCUT2D eigenvalue weighted by Crippen LogP contribution is 2.30. The Morgan fingerprint density at radius 2 is 1.86 bits per heavy atom. The second-order valence-electron chi connectivity index (χ2n) is 5.76. The summed E-state index contributed by atoms with van der Waals surface area (Å²) in [5.74, 6) is 0.198. The number of carbonyl (C=O) groups excluding carboxylic acids is 1. The maximum atomic E-state index is 12.5. The molecule has 3 aliphatic rings. The molecule has 21 heavy (non-hydrogen) atoms. The van der Waals surface area contributed by atoms with Crippen LogP contribution in [0.15, 0.2) is 30.3 Å². The zero-order valence-electron chi connectivity index (χ0n) is 12.7. The molecule has 0 unspecified atom stereocenters. The zero-order chi connectivity index (χ0) is 14.8. The lowest BCUT2D eigenvalue weighted by molar-refractivity contribution is -0.134. The van der Waals surface area contributed by atoms with Gasteiger partial charge in [0, 0.05) is 13.1 Å². The lowest BCUT2D eigenvalue weighted by Gasteiger charge is -2.27. The van der Waals surface area contributed by atoms with Crippen molar-refractivity contribution in [2.24, 2.45) is 0 Å². The number of hydrogen-bond donors (Lipinski definition) is 0. The van der Waals surface area contributed by atoms with Gasteiger partial charge in [-0.25, -0.2) is 0 Å². The summed E-state index contributed by atoms with van der Waals surface area (Å²) in [4.78, 5) is 14.4. The molecular formula is C18H21NO2. The number of morpholine rings is 1. The van der Waals surface area contributed by atoms with Gasteiger partial charge >= 0.3 is 0 Å². The Morgan fingerprint density at radius 3 is 2.62 bits per heavy atom. The van der Waals surface area contributed by atoms with E-state index in [-0.39, 0.29) is 5.91 Å². The fourth-order valence-electron chi connectivity index (χ4n) is 3.09. The maximum absolute atomic E-state index is 12.5. The third kappa shape index (κ3) is 2.93. The molecular weight excluding hydrogens is 262 g/mol. The van der Waals surface area contributed by atoms with E-state index in [0.29, 0.717) is 32.7 Å². The van der Waals surface area contributed by atoms with Gasteiger partial charge in [-0.2, -0.15) is 0 Å². The van der Waals surface area contributed by atoms with Gasteiger partial charge < -0.3 is 9.64 Å². The lowest BCUT2D eigenvalue weighted by atomic mass is 10.0. The summed E-state index contributed by atoms with van der Waals surface area (Å²) in [5.41, 5.74) is 6.03. The Hall–Kier alpha value is -1.87. The molecule has 2 aliphatic carbocycles. The first-order valence-corrected chi connectivity index (χ1v) is 7.49. The van der Waals surface area contributed by atoms with E-state index in [1.807, 2.05) is 4.90 Å². The normalized spacial score (nSPS) is 15.4. The number of hydrogen-bond acceptors (Lipinski definition) is 2. The van der Waals surface area contributed by atoms with E-state index in [1.165, 1.54) is 22.3 Å². The minimum Gasteiger partial charge on any atom is -0.378 e. The highest BCUT2D eigenvalue weighted by Gasteiger charge is 2.19. The van der Waals surface area contributed by atoms with Gasteiger partial charge in [0.2, 0.25) is 5.91 Å². The Labute approximate surface area is 125 Å². The van der Waals surface area contributed by atoms with Crippen molar-refractivity contribution in [3.8, 4) is 11.1 Å². The van der Waals surface area contributed by atoms with Crippen LogP contribution in [0.3, 0.4) is 0 Å². The number of rotatable bonds is 2. The van der Waals surface area contributed by atoms with Crippen molar-refractivity contribution >= 4 is 5.91 Å². The molecule has 0 radical (unpaired) electrons. The molecule has 0 bridgehead atoms. The van der Waals surface area contributed by atoms with Crippen LogP contribution < -0.4 is 0 Å². The topological polar surface area (TPSA) is 29.5 Å². The van der Waals surface area contributed by atoms with Gasteiger partial charge in [-0.1, -0.05) is 35.9 Å². The summed E-state index contributed by atoms with van der Waals surface area (Å²) in [6.07, 6.45) is 0.468. The Balaban J connectivity index is 1.90. The first-order valence-electron chi connectivity index (χ1n) is 7.49. The SMILES string of the molecule is Cc1cc(C)c2cccc-2c(CC(=O)N2CCOCC2)c1. The molecule has 1 heterocycles. The summed E-state index contributed by atoms with van der Waals surface area (Å²) in [7, 11) is 0. The first-order chi connectivity index (χ1) is 10.1. The Kier molecular flexibility index (Phi) is 3.93. The van der Waals surface area contributed by atoms with Crippen LogP contribution in [0.1, 0.15) is 16.7 Å². The molecule has 110 valence electrons. The second-order valence-corrected chi connectivity index (χ2v) is 5.76. The smallest absolute Gasteiger partial charge is 0.227 e. The summed E-state index contributed by atoms with van der Waals surface area (Å²) in [5, 5.41) is 0. The second kappa shape index (κ2) is 5.86. The van der Waals surface area contributed by atoms with Crippen molar-refractivity contribution in [3.05, 3.63) is 47.0 Å². The van der Waals surface area contributed by atoms with Crippen molar-refractivity contribution in [3.63, 3.8) is 0 Å². The molecule has 3 nitrogen and oxygen atoms in total. The predicted molar refractivity (Wildman–Crippen MR) is 83.6 cm³/mol. The van der Waals surface area contributed by atoms with E-state index in [4.69, 9.17) is 4.74 Å². The minimum atomic E-state index is 0.198. The highest BCUT2D eigenvalue weighted by molar-refractivity contribution is 5.83. The van der Waals surface area contributed by atoms with Gasteiger partial charge in [0.25, 0.3) is 0 Å². The number of aryl methyl sites for hydroxylation is 2. The van der Waals surface area contributed by atoms with Crippen LogP contribution in [0.4, 0.5) is 0 Å². The van der Waals surface area contributed by atoms with E-state index in [1.54, 1.807) is 0 Å². The fourth-order valence-corrected chi connectivity index (χ4v) is 3.09. The van der Waals surface area contributed by atoms with Crippen LogP contribution in [-0.2, 0) is 16.0 Å². The number of carbonyl (C=O) groups is 1. The molecule has 1 saturated heterocycles. The Bertz CT molecular complexity index is 629. The van der Waals surface area contributed by atoms with Crippen molar-refractivity contribution in [1.29, 1.82) is 0 Å². The van der Waals surface area contributed by atoms with Crippen molar-refractivity contribution < 1.29 is 9.53 Å². The zero-order valence-corrected chi connectivity index (χ0v) is 12.7. The molecule has 0 saturated carbocycles. The third-order valence-electron chi connectivity index (χ3n) is 4.14. The average Bonchev–Trinajstić information content (AvgIpc) is 2.93. The van der Waals surface area contributed by atoms with Gasteiger partial charge in [-0.05, 0) is 36.1 Å². The molecule has 0 aromatic rings. The summed E-state index contributed by atoms with van der Waals surface area (Å²) in [6, 6.07) is 10.6. The minimum absolute atomic E-state index is 0.198. The van der Waals surface area contributed by atoms with Crippen LogP contribution in [0, 0.1) is 13.8 Å². The third-order valence-corrected chi connectivity index (χ3v) is 4.14. The van der Waals surface area contributed by atoms with E-state index >= 15 is 0 Å². The Morgan fingerprint density at radius 1 is 1.14 bits per heavy atom. The van der Waals surface area contributed by atoms with Gasteiger partial charge in [0.15, 0.2) is 0 Å². The van der Waals surface area contributed by atoms with Crippen molar-refractivity contribution in [2.75, 3.05) is 26.3 Å². The molecule has 1 aliphatic heterocycles. The molecule has 1 amide bonds. The number of fused-ring (bicyclic) bond motifs is 1. The average molecular weight is 283 g/mol. The monoisotopic (exact) mass is 283 g/mol. The highest BCUT2D eigenvalue weighted by atomic mass is 16.5. The van der Waals surface area contributed by atoms with E-state index in [2.05, 4.69) is 44.2 Å². The molecule has 3 rings (SSSR count). The fraction of sp³-hybridized carbons (Fsp3) is 0.389. The largest absolute Gasteiger partial charge is 0.378 e. The molecule has 0 atom stereocenters. The van der Waals surface area contributed by atoms with Gasteiger partial charge in [0.1, 0.15) is 0 Å². The van der Waals surface area contributed by atoms with Crippen LogP contribution in [0.25, 0.3) is 11.1 Å². The van der Waals surface area contributed by atoms with E-state index in [0.717, 1.165) is 5.56 Å². The summed E-state index contributed by atoms with van der Waals surface area (Å²) < 4.78 is 5.31. The maximum Gasteiger partial charge on any atom is 0.227 e. The molecule has 0 spiro atoms. The van der Waals surface area contributed by atoms with Crippen molar-refractivity contribution in [1.82, 2.24) is 4.90 Å². The quantitative estimate of drug-likeness (QED) is 0.848. The molecule has 0 aromatic carbocycles. The summed E-state index contributed by atoms with van der Waals surface area (Å²) in [6.45, 7) is 6.94. The van der Waals surface area contributed by atoms with Gasteiger partial charge in [0.05, 0.1) is 19.6 Å². The number of amides is 1. The number of nitrogens with zero attached hydrogens (tertiary/aromatic N) is 1. The van der Waals surface area contributed by atoms with Gasteiger partial charge in [-0.3, -0.25) is 4.79 Å². The molecule has 3 heteroatoms. The predicted octanol–water partition coefficient (Wildman–Crippen LogP) is 2.81. The van der Waals surface area contributed by atoms with Crippen LogP contribution in [-0.4, -0.2) is 37.1 Å². The number of ether oxygens (including phenoxy) is 1. The standard InChI is InChI=1S/C18H21NO2/c1-13-10-14(2)16-4-3-5-17(16)15(11-13)12-18(20)19-6-8-21-9-7-19/h3-5,10-11H,6-9,12H2,1-2H3. The van der Waals surface area contributed by atoms with Crippen LogP contribution in [0.5, 0.6) is 0 Å². The van der Waals surface area contributed by atoms with E-state index < -0.39 is 0 Å². The van der Waals surface area contributed by atoms with E-state index in [9.17, 15) is 4.79 Å². The van der Waals surface area contributed by atoms with Crippen LogP contribution >= 0.6 is 0 Å². The molecule has 0 aromatic heterocycles. The molecule has 0 N–H and O–H groups in total. The molecule has 1 fully saturated rings. The van der Waals surface area contributed by atoms with Crippen molar-refractivity contribution in [2.45, 2.75) is 20.3 Å². The lowest BCUT2D eigenvalue weighted by Crippen LogP contribution is -2.41. The first kappa shape index (κ1) is 14.1. The van der Waals surface area contributed by atoms with Crippen LogP contribution in [0.2, 0.25) is 0 Å². The summed E-state index contributed by atoms with van der Waals surface area (Å²) >= 11 is 0.